The van der Waals surface area contributed by atoms with Crippen molar-refractivity contribution in [2.75, 3.05) is 6.61 Å². The van der Waals surface area contributed by atoms with Gasteiger partial charge in [-0.1, -0.05) is 6.08 Å². The number of alkyl halides is 8. The Hall–Kier alpha value is -1.39. The molecule has 0 saturated carbocycles. The van der Waals surface area contributed by atoms with Gasteiger partial charge in [0.2, 0.25) is 0 Å². The minimum absolute atomic E-state index is 0.624. The number of rotatable bonds is 10. The highest BCUT2D eigenvalue weighted by Gasteiger charge is 2.79. The summed E-state index contributed by atoms with van der Waals surface area (Å²) in [6.45, 7) is 1.27. The minimum Gasteiger partial charge on any atom is -0.463 e. The molecule has 148 valence electrons. The number of ether oxygens (including phenoxy) is 1. The van der Waals surface area contributed by atoms with Crippen LogP contribution in [-0.4, -0.2) is 47.5 Å². The third kappa shape index (κ3) is 5.55. The van der Waals surface area contributed by atoms with Gasteiger partial charge >= 0.3 is 29.7 Å². The number of carbonyl (C=O) groups excluding carboxylic acids is 1. The highest BCUT2D eigenvalue weighted by atomic mass is 19.4. The molecule has 0 aromatic carbocycles. The zero-order valence-electron chi connectivity index (χ0n) is 13.3. The fourth-order valence-electron chi connectivity index (χ4n) is 1.77. The van der Waals surface area contributed by atoms with Crippen molar-refractivity contribution in [3.8, 4) is 0 Å². The zero-order valence-corrected chi connectivity index (χ0v) is 13.3. The molecule has 0 fully saturated rings. The summed E-state index contributed by atoms with van der Waals surface area (Å²) < 4.78 is 111. The van der Waals surface area contributed by atoms with Crippen LogP contribution in [0.3, 0.4) is 0 Å². The molecule has 0 aliphatic rings. The van der Waals surface area contributed by atoms with Gasteiger partial charge in [-0.2, -0.15) is 35.1 Å². The normalized spacial score (nSPS) is 15.5. The SMILES string of the molecule is CC=CC(=O)OCCCC(F)(F)C(F)(F)C(F)(F)C(F)(F)CC(C)O. The molecule has 25 heavy (non-hydrogen) atoms. The Morgan fingerprint density at radius 2 is 1.52 bits per heavy atom. The van der Waals surface area contributed by atoms with Gasteiger partial charge in [0, 0.05) is 18.9 Å². The summed E-state index contributed by atoms with van der Waals surface area (Å²) in [6, 6.07) is 0. The highest BCUT2D eigenvalue weighted by molar-refractivity contribution is 5.81. The Morgan fingerprint density at radius 3 is 1.96 bits per heavy atom. The first-order valence-corrected chi connectivity index (χ1v) is 7.11. The fourth-order valence-corrected chi connectivity index (χ4v) is 1.77. The minimum atomic E-state index is -6.40. The molecule has 1 unspecified atom stereocenters. The van der Waals surface area contributed by atoms with E-state index in [9.17, 15) is 39.9 Å². The summed E-state index contributed by atoms with van der Waals surface area (Å²) in [4.78, 5) is 10.9. The van der Waals surface area contributed by atoms with Gasteiger partial charge in [-0.25, -0.2) is 4.79 Å². The van der Waals surface area contributed by atoms with Crippen LogP contribution in [-0.2, 0) is 9.53 Å². The predicted molar refractivity (Wildman–Crippen MR) is 71.1 cm³/mol. The molecular formula is C14H18F8O3. The van der Waals surface area contributed by atoms with Gasteiger partial charge in [0.1, 0.15) is 0 Å². The molecular weight excluding hydrogens is 368 g/mol. The Kier molecular flexibility index (Phi) is 7.86. The van der Waals surface area contributed by atoms with E-state index in [1.807, 2.05) is 0 Å². The first kappa shape index (κ1) is 23.6. The third-order valence-electron chi connectivity index (χ3n) is 3.05. The lowest BCUT2D eigenvalue weighted by Crippen LogP contribution is -2.62. The van der Waals surface area contributed by atoms with E-state index >= 15 is 0 Å². The average Bonchev–Trinajstić information content (AvgIpc) is 2.42. The van der Waals surface area contributed by atoms with Crippen LogP contribution in [0.5, 0.6) is 0 Å². The summed E-state index contributed by atoms with van der Waals surface area (Å²) in [5.74, 6) is -24.8. The summed E-state index contributed by atoms with van der Waals surface area (Å²) in [6.07, 6.45) is -4.95. The number of esters is 1. The van der Waals surface area contributed by atoms with Gasteiger partial charge in [-0.3, -0.25) is 0 Å². The van der Waals surface area contributed by atoms with Crippen LogP contribution in [0.25, 0.3) is 0 Å². The van der Waals surface area contributed by atoms with Crippen LogP contribution in [0.2, 0.25) is 0 Å². The zero-order chi connectivity index (χ0) is 20.1. The Labute approximate surface area is 138 Å². The molecule has 0 aromatic heterocycles. The standard InChI is InChI=1S/C14H18F8O3/c1-3-5-10(24)25-7-4-6-11(15,16)13(19,20)14(21,22)12(17,18)8-9(2)23/h3,5,9,23H,4,6-8H2,1-2H3. The molecule has 11 heteroatoms. The average molecular weight is 386 g/mol. The van der Waals surface area contributed by atoms with E-state index < -0.39 is 61.6 Å². The Bertz CT molecular complexity index is 475. The summed E-state index contributed by atoms with van der Waals surface area (Å²) >= 11 is 0. The van der Waals surface area contributed by atoms with Crippen molar-refractivity contribution in [2.45, 2.75) is 62.9 Å². The van der Waals surface area contributed by atoms with Crippen molar-refractivity contribution in [2.24, 2.45) is 0 Å². The maximum atomic E-state index is 13.5. The van der Waals surface area contributed by atoms with E-state index in [4.69, 9.17) is 5.11 Å². The molecule has 0 heterocycles. The van der Waals surface area contributed by atoms with Gasteiger partial charge in [0.05, 0.1) is 12.7 Å². The third-order valence-corrected chi connectivity index (χ3v) is 3.05. The number of aliphatic hydroxyl groups excluding tert-OH is 1. The van der Waals surface area contributed by atoms with Crippen LogP contribution in [0.4, 0.5) is 35.1 Å². The second-order valence-electron chi connectivity index (χ2n) is 5.38. The second kappa shape index (κ2) is 8.33. The van der Waals surface area contributed by atoms with Crippen LogP contribution in [0, 0.1) is 0 Å². The Balaban J connectivity index is 5.09. The number of aliphatic hydroxyl groups is 1. The van der Waals surface area contributed by atoms with Gasteiger partial charge in [-0.15, -0.1) is 0 Å². The van der Waals surface area contributed by atoms with E-state index in [-0.39, 0.29) is 0 Å². The maximum Gasteiger partial charge on any atom is 0.378 e. The topological polar surface area (TPSA) is 46.5 Å². The first-order chi connectivity index (χ1) is 11.1. The first-order valence-electron chi connectivity index (χ1n) is 7.11. The lowest BCUT2D eigenvalue weighted by molar-refractivity contribution is -0.370. The molecule has 0 spiro atoms. The Morgan fingerprint density at radius 1 is 1.04 bits per heavy atom. The summed E-state index contributed by atoms with van der Waals surface area (Å²) in [7, 11) is 0. The van der Waals surface area contributed by atoms with Gasteiger partial charge in [0.25, 0.3) is 0 Å². The van der Waals surface area contributed by atoms with Crippen molar-refractivity contribution in [1.29, 1.82) is 0 Å². The largest absolute Gasteiger partial charge is 0.463 e. The fraction of sp³-hybridized carbons (Fsp3) is 0.786. The molecule has 1 atom stereocenters. The van der Waals surface area contributed by atoms with Crippen molar-refractivity contribution >= 4 is 5.97 Å². The number of hydrogen-bond donors (Lipinski definition) is 1. The van der Waals surface area contributed by atoms with Crippen molar-refractivity contribution in [1.82, 2.24) is 0 Å². The van der Waals surface area contributed by atoms with Crippen LogP contribution in [0.1, 0.15) is 33.1 Å². The molecule has 0 radical (unpaired) electrons. The molecule has 0 rings (SSSR count). The molecule has 3 nitrogen and oxygen atoms in total. The van der Waals surface area contributed by atoms with Crippen molar-refractivity contribution in [3.63, 3.8) is 0 Å². The molecule has 0 amide bonds. The number of halogens is 8. The van der Waals surface area contributed by atoms with Gasteiger partial charge < -0.3 is 9.84 Å². The second-order valence-corrected chi connectivity index (χ2v) is 5.38. The van der Waals surface area contributed by atoms with E-state index in [2.05, 4.69) is 4.74 Å². The summed E-state index contributed by atoms with van der Waals surface area (Å²) in [5.41, 5.74) is 0. The quantitative estimate of drug-likeness (QED) is 0.265. The maximum absolute atomic E-state index is 13.5. The van der Waals surface area contributed by atoms with Crippen LogP contribution < -0.4 is 0 Å². The number of allylic oxidation sites excluding steroid dienone is 1. The van der Waals surface area contributed by atoms with Gasteiger partial charge in [0.15, 0.2) is 0 Å². The highest BCUT2D eigenvalue weighted by Crippen LogP contribution is 2.54. The van der Waals surface area contributed by atoms with Crippen LogP contribution >= 0.6 is 0 Å². The van der Waals surface area contributed by atoms with E-state index in [1.165, 1.54) is 13.0 Å². The monoisotopic (exact) mass is 386 g/mol. The van der Waals surface area contributed by atoms with Gasteiger partial charge in [-0.05, 0) is 20.3 Å². The molecule has 0 aromatic rings. The van der Waals surface area contributed by atoms with E-state index in [0.29, 0.717) is 6.92 Å². The van der Waals surface area contributed by atoms with E-state index in [1.54, 1.807) is 0 Å². The lowest BCUT2D eigenvalue weighted by Gasteiger charge is -2.37. The number of hydrogen-bond acceptors (Lipinski definition) is 3. The van der Waals surface area contributed by atoms with Crippen molar-refractivity contribution in [3.05, 3.63) is 12.2 Å². The summed E-state index contributed by atoms with van der Waals surface area (Å²) in [5, 5.41) is 8.69. The molecule has 0 aliphatic carbocycles. The van der Waals surface area contributed by atoms with Crippen LogP contribution in [0.15, 0.2) is 12.2 Å². The predicted octanol–water partition coefficient (Wildman–Crippen LogP) is 4.20. The molecule has 0 saturated heterocycles. The molecule has 0 bridgehead atoms. The van der Waals surface area contributed by atoms with E-state index in [0.717, 1.165) is 6.08 Å². The number of carbonyl (C=O) groups is 1. The van der Waals surface area contributed by atoms with Crippen molar-refractivity contribution < 1.29 is 49.8 Å². The molecule has 1 N–H and O–H groups in total. The lowest BCUT2D eigenvalue weighted by atomic mass is 9.93. The smallest absolute Gasteiger partial charge is 0.378 e. The molecule has 0 aliphatic heterocycles.